The van der Waals surface area contributed by atoms with Gasteiger partial charge in [-0.05, 0) is 30.6 Å². The van der Waals surface area contributed by atoms with Gasteiger partial charge >= 0.3 is 0 Å². The molecule has 0 aromatic heterocycles. The molecule has 1 aliphatic rings. The van der Waals surface area contributed by atoms with Crippen LogP contribution in [0.25, 0.3) is 0 Å². The molecule has 0 radical (unpaired) electrons. The van der Waals surface area contributed by atoms with Gasteiger partial charge in [0, 0.05) is 6.04 Å². The second-order valence-electron chi connectivity index (χ2n) is 6.27. The van der Waals surface area contributed by atoms with Crippen molar-refractivity contribution < 1.29 is 9.59 Å². The van der Waals surface area contributed by atoms with Crippen LogP contribution < -0.4 is 16.4 Å². The summed E-state index contributed by atoms with van der Waals surface area (Å²) in [5.74, 6) is 0.893. The van der Waals surface area contributed by atoms with E-state index in [1.54, 1.807) is 0 Å². The lowest BCUT2D eigenvalue weighted by atomic mass is 9.93. The lowest BCUT2D eigenvalue weighted by Crippen LogP contribution is -2.48. The van der Waals surface area contributed by atoms with E-state index in [0.29, 0.717) is 11.8 Å². The Kier molecular flexibility index (Phi) is 6.46. The summed E-state index contributed by atoms with van der Waals surface area (Å²) >= 11 is 0. The van der Waals surface area contributed by atoms with E-state index in [-0.39, 0.29) is 30.3 Å². The molecule has 1 fully saturated rings. The molecule has 0 spiro atoms. The molecule has 0 aliphatic heterocycles. The number of rotatable bonds is 6. The van der Waals surface area contributed by atoms with Crippen molar-refractivity contribution in [1.29, 1.82) is 0 Å². The normalized spacial score (nSPS) is 27.4. The van der Waals surface area contributed by atoms with Crippen LogP contribution in [-0.4, -0.2) is 30.4 Å². The Morgan fingerprint density at radius 1 is 1.30 bits per heavy atom. The summed E-state index contributed by atoms with van der Waals surface area (Å²) in [6, 6.07) is -0.319. The minimum absolute atomic E-state index is 0.0132. The van der Waals surface area contributed by atoms with E-state index in [1.807, 2.05) is 13.8 Å². The van der Waals surface area contributed by atoms with Crippen LogP contribution in [0.2, 0.25) is 0 Å². The SMILES string of the molecule is CCC1CCC(NC(=O)CNC(=O)[C@@H](N)C(C)C)C1C. The maximum absolute atomic E-state index is 11.9. The van der Waals surface area contributed by atoms with Gasteiger partial charge in [0.25, 0.3) is 0 Å². The first-order chi connectivity index (χ1) is 9.36. The molecule has 0 saturated heterocycles. The zero-order valence-electron chi connectivity index (χ0n) is 13.1. The molecular formula is C15H29N3O2. The van der Waals surface area contributed by atoms with Gasteiger partial charge in [-0.25, -0.2) is 0 Å². The van der Waals surface area contributed by atoms with E-state index in [0.717, 1.165) is 12.8 Å². The second kappa shape index (κ2) is 7.62. The summed E-state index contributed by atoms with van der Waals surface area (Å²) in [6.07, 6.45) is 3.37. The average Bonchev–Trinajstić information content (AvgIpc) is 2.75. The Labute approximate surface area is 122 Å². The summed E-state index contributed by atoms with van der Waals surface area (Å²) < 4.78 is 0. The van der Waals surface area contributed by atoms with Crippen LogP contribution in [0, 0.1) is 17.8 Å². The molecule has 4 N–H and O–H groups in total. The predicted molar refractivity (Wildman–Crippen MR) is 79.9 cm³/mol. The molecule has 4 atom stereocenters. The van der Waals surface area contributed by atoms with Crippen LogP contribution >= 0.6 is 0 Å². The minimum atomic E-state index is -0.558. The van der Waals surface area contributed by atoms with Crippen molar-refractivity contribution in [2.45, 2.75) is 59.0 Å². The molecule has 0 aromatic rings. The topological polar surface area (TPSA) is 84.2 Å². The summed E-state index contributed by atoms with van der Waals surface area (Å²) in [4.78, 5) is 23.5. The fourth-order valence-corrected chi connectivity index (χ4v) is 2.87. The molecule has 0 bridgehead atoms. The standard InChI is InChI=1S/C15H29N3O2/c1-5-11-6-7-12(10(11)4)18-13(19)8-17-15(20)14(16)9(2)3/h9-12,14H,5-8,16H2,1-4H3,(H,17,20)(H,18,19)/t10?,11?,12?,14-/m0/s1. The Hall–Kier alpha value is -1.10. The van der Waals surface area contributed by atoms with Gasteiger partial charge in [-0.15, -0.1) is 0 Å². The van der Waals surface area contributed by atoms with E-state index in [4.69, 9.17) is 5.73 Å². The van der Waals surface area contributed by atoms with Gasteiger partial charge in [-0.1, -0.05) is 34.1 Å². The van der Waals surface area contributed by atoms with E-state index < -0.39 is 6.04 Å². The fourth-order valence-electron chi connectivity index (χ4n) is 2.87. The van der Waals surface area contributed by atoms with Crippen LogP contribution in [0.1, 0.15) is 47.0 Å². The monoisotopic (exact) mass is 283 g/mol. The highest BCUT2D eigenvalue weighted by atomic mass is 16.2. The summed E-state index contributed by atoms with van der Waals surface area (Å²) in [5, 5.41) is 5.62. The van der Waals surface area contributed by atoms with Gasteiger partial charge in [0.05, 0.1) is 12.6 Å². The quantitative estimate of drug-likeness (QED) is 0.680. The minimum Gasteiger partial charge on any atom is -0.352 e. The first kappa shape index (κ1) is 17.0. The van der Waals surface area contributed by atoms with E-state index in [1.165, 1.54) is 6.42 Å². The highest BCUT2D eigenvalue weighted by Gasteiger charge is 2.32. The Bertz CT molecular complexity index is 344. The largest absolute Gasteiger partial charge is 0.352 e. The molecule has 20 heavy (non-hydrogen) atoms. The molecule has 5 nitrogen and oxygen atoms in total. The van der Waals surface area contributed by atoms with E-state index in [2.05, 4.69) is 24.5 Å². The number of nitrogens with two attached hydrogens (primary N) is 1. The van der Waals surface area contributed by atoms with Gasteiger partial charge in [-0.3, -0.25) is 9.59 Å². The van der Waals surface area contributed by atoms with Crippen molar-refractivity contribution in [1.82, 2.24) is 10.6 Å². The first-order valence-corrected chi connectivity index (χ1v) is 7.69. The molecule has 116 valence electrons. The van der Waals surface area contributed by atoms with Gasteiger partial charge in [0.1, 0.15) is 0 Å². The Morgan fingerprint density at radius 2 is 1.95 bits per heavy atom. The molecule has 3 unspecified atom stereocenters. The predicted octanol–water partition coefficient (Wildman–Crippen LogP) is 1.03. The molecule has 0 aromatic carbocycles. The number of hydrogen-bond donors (Lipinski definition) is 3. The number of carbonyl (C=O) groups excluding carboxylic acids is 2. The highest BCUT2D eigenvalue weighted by Crippen LogP contribution is 2.33. The lowest BCUT2D eigenvalue weighted by molar-refractivity contribution is -0.127. The molecule has 1 aliphatic carbocycles. The molecular weight excluding hydrogens is 254 g/mol. The van der Waals surface area contributed by atoms with Crippen LogP contribution in [0.4, 0.5) is 0 Å². The summed E-state index contributed by atoms with van der Waals surface area (Å²) in [7, 11) is 0. The number of nitrogens with one attached hydrogen (secondary N) is 2. The van der Waals surface area contributed by atoms with Crippen LogP contribution in [0.3, 0.4) is 0 Å². The third-order valence-electron chi connectivity index (χ3n) is 4.54. The van der Waals surface area contributed by atoms with Gasteiger partial charge in [0.15, 0.2) is 0 Å². The zero-order chi connectivity index (χ0) is 15.3. The zero-order valence-corrected chi connectivity index (χ0v) is 13.1. The molecule has 2 amide bonds. The van der Waals surface area contributed by atoms with Crippen molar-refractivity contribution in [2.75, 3.05) is 6.54 Å². The molecule has 1 saturated carbocycles. The van der Waals surface area contributed by atoms with Gasteiger partial charge in [0.2, 0.25) is 11.8 Å². The van der Waals surface area contributed by atoms with Crippen molar-refractivity contribution in [3.8, 4) is 0 Å². The Morgan fingerprint density at radius 3 is 2.45 bits per heavy atom. The first-order valence-electron chi connectivity index (χ1n) is 7.69. The van der Waals surface area contributed by atoms with Crippen LogP contribution in [0.5, 0.6) is 0 Å². The van der Waals surface area contributed by atoms with Crippen molar-refractivity contribution in [3.05, 3.63) is 0 Å². The number of amides is 2. The molecule has 0 heterocycles. The molecule has 5 heteroatoms. The van der Waals surface area contributed by atoms with Crippen molar-refractivity contribution in [2.24, 2.45) is 23.5 Å². The smallest absolute Gasteiger partial charge is 0.239 e. The van der Waals surface area contributed by atoms with Crippen molar-refractivity contribution >= 4 is 11.8 Å². The average molecular weight is 283 g/mol. The van der Waals surface area contributed by atoms with E-state index in [9.17, 15) is 9.59 Å². The third-order valence-corrected chi connectivity index (χ3v) is 4.54. The summed E-state index contributed by atoms with van der Waals surface area (Å²) in [5.41, 5.74) is 5.72. The van der Waals surface area contributed by atoms with Crippen LogP contribution in [-0.2, 0) is 9.59 Å². The lowest BCUT2D eigenvalue weighted by Gasteiger charge is -2.21. The fraction of sp³-hybridized carbons (Fsp3) is 0.867. The second-order valence-corrected chi connectivity index (χ2v) is 6.27. The van der Waals surface area contributed by atoms with Gasteiger partial charge < -0.3 is 16.4 Å². The van der Waals surface area contributed by atoms with E-state index >= 15 is 0 Å². The molecule has 1 rings (SSSR count). The highest BCUT2D eigenvalue weighted by molar-refractivity contribution is 5.87. The van der Waals surface area contributed by atoms with Crippen LogP contribution in [0.15, 0.2) is 0 Å². The maximum Gasteiger partial charge on any atom is 0.239 e. The maximum atomic E-state index is 11.9. The Balaban J connectivity index is 2.33. The van der Waals surface area contributed by atoms with Crippen molar-refractivity contribution in [3.63, 3.8) is 0 Å². The summed E-state index contributed by atoms with van der Waals surface area (Å²) in [6.45, 7) is 8.17. The third kappa shape index (κ3) is 4.47. The number of carbonyl (C=O) groups is 2. The number of hydrogen-bond acceptors (Lipinski definition) is 3. The van der Waals surface area contributed by atoms with Gasteiger partial charge in [-0.2, -0.15) is 0 Å².